The third-order valence-corrected chi connectivity index (χ3v) is 6.45. The van der Waals surface area contributed by atoms with Crippen molar-refractivity contribution in [2.45, 2.75) is 37.5 Å². The van der Waals surface area contributed by atoms with Gasteiger partial charge in [0.15, 0.2) is 5.78 Å². The molecule has 1 heterocycles. The number of rotatable bonds is 1. The third-order valence-electron chi connectivity index (χ3n) is 5.39. The average Bonchev–Trinajstić information content (AvgIpc) is 3.00. The molecule has 2 atom stereocenters. The fourth-order valence-corrected chi connectivity index (χ4v) is 5.56. The van der Waals surface area contributed by atoms with E-state index in [1.807, 2.05) is 12.1 Å². The summed E-state index contributed by atoms with van der Waals surface area (Å²) in [4.78, 5) is 25.6. The van der Waals surface area contributed by atoms with Crippen LogP contribution in [0.2, 0.25) is 0 Å². The first kappa shape index (κ1) is 14.5. The summed E-state index contributed by atoms with van der Waals surface area (Å²) in [6.45, 7) is 2.17. The molecule has 2 unspecified atom stereocenters. The van der Waals surface area contributed by atoms with Gasteiger partial charge in [0.2, 0.25) is 0 Å². The molecule has 1 spiro atoms. The van der Waals surface area contributed by atoms with Crippen molar-refractivity contribution in [1.29, 1.82) is 0 Å². The monoisotopic (exact) mass is 326 g/mol. The van der Waals surface area contributed by atoms with Crippen LogP contribution in [0.4, 0.5) is 5.00 Å². The van der Waals surface area contributed by atoms with Gasteiger partial charge < -0.3 is 11.5 Å². The lowest BCUT2D eigenvalue weighted by molar-refractivity contribution is 0.0861. The van der Waals surface area contributed by atoms with Crippen molar-refractivity contribution in [3.05, 3.63) is 51.4 Å². The fraction of sp³-hybridized carbons (Fsp3) is 0.333. The second-order valence-electron chi connectivity index (χ2n) is 6.62. The van der Waals surface area contributed by atoms with Crippen molar-refractivity contribution >= 4 is 28.0 Å². The van der Waals surface area contributed by atoms with E-state index in [1.165, 1.54) is 16.9 Å². The van der Waals surface area contributed by atoms with Gasteiger partial charge in [-0.25, -0.2) is 0 Å². The Morgan fingerprint density at radius 1 is 1.35 bits per heavy atom. The Labute approximate surface area is 138 Å². The van der Waals surface area contributed by atoms with Crippen LogP contribution in [0, 0.1) is 0 Å². The molecule has 1 aromatic heterocycles. The number of hydrogen-bond donors (Lipinski definition) is 2. The van der Waals surface area contributed by atoms with Gasteiger partial charge in [0.25, 0.3) is 5.91 Å². The van der Waals surface area contributed by atoms with E-state index in [9.17, 15) is 9.59 Å². The summed E-state index contributed by atoms with van der Waals surface area (Å²) in [6, 6.07) is 8.23. The van der Waals surface area contributed by atoms with Crippen LogP contribution in [-0.4, -0.2) is 11.7 Å². The van der Waals surface area contributed by atoms with Gasteiger partial charge in [-0.1, -0.05) is 31.2 Å². The second-order valence-corrected chi connectivity index (χ2v) is 7.67. The van der Waals surface area contributed by atoms with Crippen LogP contribution < -0.4 is 11.5 Å². The molecule has 2 aliphatic rings. The summed E-state index contributed by atoms with van der Waals surface area (Å²) in [7, 11) is 0. The van der Waals surface area contributed by atoms with Gasteiger partial charge in [-0.3, -0.25) is 9.59 Å². The summed E-state index contributed by atoms with van der Waals surface area (Å²) in [6.07, 6.45) is 2.22. The van der Waals surface area contributed by atoms with Gasteiger partial charge in [-0.05, 0) is 41.9 Å². The minimum absolute atomic E-state index is 0.111. The molecule has 2 aromatic rings. The zero-order chi connectivity index (χ0) is 16.4. The van der Waals surface area contributed by atoms with Crippen LogP contribution in [-0.2, 0) is 11.8 Å². The normalized spacial score (nSPS) is 25.4. The highest BCUT2D eigenvalue weighted by Crippen LogP contribution is 2.54. The molecule has 0 radical (unpaired) electrons. The van der Waals surface area contributed by atoms with Crippen LogP contribution in [0.15, 0.2) is 24.3 Å². The molecule has 0 aliphatic heterocycles. The van der Waals surface area contributed by atoms with Crippen LogP contribution in [0.25, 0.3) is 0 Å². The van der Waals surface area contributed by atoms with E-state index in [0.717, 1.165) is 24.0 Å². The quantitative estimate of drug-likeness (QED) is 0.844. The molecule has 1 aromatic carbocycles. The number of nitrogens with two attached hydrogens (primary N) is 2. The fourth-order valence-electron chi connectivity index (χ4n) is 4.40. The Morgan fingerprint density at radius 2 is 2.09 bits per heavy atom. The van der Waals surface area contributed by atoms with E-state index in [-0.39, 0.29) is 5.78 Å². The summed E-state index contributed by atoms with van der Waals surface area (Å²) in [5, 5.41) is 0.368. The van der Waals surface area contributed by atoms with E-state index in [1.54, 1.807) is 0 Å². The number of benzene rings is 1. The minimum Gasteiger partial charge on any atom is -0.390 e. The van der Waals surface area contributed by atoms with Crippen molar-refractivity contribution < 1.29 is 9.59 Å². The molecule has 118 valence electrons. The highest BCUT2D eigenvalue weighted by molar-refractivity contribution is 7.18. The SMILES string of the molecule is CC1CC2(CCc3c(sc(N)c3C(N)=O)C2=O)c2ccccc21. The summed E-state index contributed by atoms with van der Waals surface area (Å²) >= 11 is 1.22. The van der Waals surface area contributed by atoms with Gasteiger partial charge >= 0.3 is 0 Å². The number of fused-ring (bicyclic) bond motifs is 3. The Bertz CT molecular complexity index is 855. The van der Waals surface area contributed by atoms with Gasteiger partial charge in [0.05, 0.1) is 20.9 Å². The maximum Gasteiger partial charge on any atom is 0.251 e. The smallest absolute Gasteiger partial charge is 0.251 e. The summed E-state index contributed by atoms with van der Waals surface area (Å²) in [5.74, 6) is -0.0617. The molecule has 4 rings (SSSR count). The van der Waals surface area contributed by atoms with Crippen LogP contribution in [0.3, 0.4) is 0 Å². The predicted octanol–water partition coefficient (Wildman–Crippen LogP) is 3.00. The lowest BCUT2D eigenvalue weighted by Gasteiger charge is -2.33. The number of thiophene rings is 1. The highest BCUT2D eigenvalue weighted by atomic mass is 32.1. The Kier molecular flexibility index (Phi) is 2.94. The van der Waals surface area contributed by atoms with Gasteiger partial charge in [-0.15, -0.1) is 11.3 Å². The highest BCUT2D eigenvalue weighted by Gasteiger charge is 2.51. The number of carbonyl (C=O) groups excluding carboxylic acids is 2. The first-order valence-electron chi connectivity index (χ1n) is 7.81. The number of nitrogen functional groups attached to an aromatic ring is 1. The molecule has 1 amide bonds. The van der Waals surface area contributed by atoms with E-state index >= 15 is 0 Å². The molecule has 4 N–H and O–H groups in total. The Balaban J connectivity index is 1.89. The van der Waals surface area contributed by atoms with Gasteiger partial charge in [0.1, 0.15) is 0 Å². The van der Waals surface area contributed by atoms with E-state index in [2.05, 4.69) is 19.1 Å². The van der Waals surface area contributed by atoms with Crippen molar-refractivity contribution in [3.8, 4) is 0 Å². The zero-order valence-corrected chi connectivity index (χ0v) is 13.7. The lowest BCUT2D eigenvalue weighted by atomic mass is 9.68. The molecule has 0 saturated carbocycles. The first-order valence-corrected chi connectivity index (χ1v) is 8.62. The van der Waals surface area contributed by atoms with E-state index in [0.29, 0.717) is 27.8 Å². The maximum absolute atomic E-state index is 13.3. The predicted molar refractivity (Wildman–Crippen MR) is 91.1 cm³/mol. The topological polar surface area (TPSA) is 86.2 Å². The summed E-state index contributed by atoms with van der Waals surface area (Å²) < 4.78 is 0. The van der Waals surface area contributed by atoms with Crippen molar-refractivity contribution in [3.63, 3.8) is 0 Å². The van der Waals surface area contributed by atoms with Gasteiger partial charge in [0, 0.05) is 0 Å². The van der Waals surface area contributed by atoms with Crippen LogP contribution in [0.5, 0.6) is 0 Å². The standard InChI is InChI=1S/C18H18N2O2S/c1-9-8-18(12-5-3-2-4-10(9)12)7-6-11-13(16(19)22)17(20)23-14(11)15(18)21/h2-5,9H,6-8,20H2,1H3,(H2,19,22). The largest absolute Gasteiger partial charge is 0.390 e. The maximum atomic E-state index is 13.3. The van der Waals surface area contributed by atoms with E-state index in [4.69, 9.17) is 11.5 Å². The average molecular weight is 326 g/mol. The van der Waals surface area contributed by atoms with Crippen LogP contribution >= 0.6 is 11.3 Å². The first-order chi connectivity index (χ1) is 11.0. The molecule has 0 bridgehead atoms. The Hall–Kier alpha value is -2.14. The molecule has 5 heteroatoms. The van der Waals surface area contributed by atoms with Crippen molar-refractivity contribution in [2.75, 3.05) is 5.73 Å². The second kappa shape index (κ2) is 4.68. The molecular formula is C18H18N2O2S. The number of anilines is 1. The Morgan fingerprint density at radius 3 is 2.83 bits per heavy atom. The van der Waals surface area contributed by atoms with Gasteiger partial charge in [-0.2, -0.15) is 0 Å². The molecule has 0 saturated heterocycles. The van der Waals surface area contributed by atoms with Crippen LogP contribution in [0.1, 0.15) is 62.4 Å². The molecule has 0 fully saturated rings. The molecule has 4 nitrogen and oxygen atoms in total. The van der Waals surface area contributed by atoms with Crippen molar-refractivity contribution in [1.82, 2.24) is 0 Å². The number of carbonyl (C=O) groups is 2. The zero-order valence-electron chi connectivity index (χ0n) is 12.9. The van der Waals surface area contributed by atoms with Crippen molar-refractivity contribution in [2.24, 2.45) is 5.73 Å². The molecule has 2 aliphatic carbocycles. The number of ketones is 1. The molecule has 23 heavy (non-hydrogen) atoms. The number of amides is 1. The molecular weight excluding hydrogens is 308 g/mol. The number of hydrogen-bond acceptors (Lipinski definition) is 4. The number of primary amides is 1. The summed E-state index contributed by atoms with van der Waals surface area (Å²) in [5.41, 5.74) is 14.5. The minimum atomic E-state index is -0.538. The lowest BCUT2D eigenvalue weighted by Crippen LogP contribution is -2.38. The van der Waals surface area contributed by atoms with E-state index < -0.39 is 11.3 Å². The number of Topliss-reactive ketones (excluding diaryl/α,β-unsaturated/α-hetero) is 1. The third kappa shape index (κ3) is 1.77.